The molecule has 0 spiro atoms. The van der Waals surface area contributed by atoms with Gasteiger partial charge < -0.3 is 4.74 Å². The molecule has 2 unspecified atom stereocenters. The topological polar surface area (TPSA) is 12.5 Å². The van der Waals surface area contributed by atoms with Crippen LogP contribution in [0.5, 0.6) is 0 Å². The fraction of sp³-hybridized carbons (Fsp3) is 1.00. The molecule has 0 aromatic heterocycles. The Kier molecular flexibility index (Phi) is 6.06. The third kappa shape index (κ3) is 3.52. The summed E-state index contributed by atoms with van der Waals surface area (Å²) in [6.45, 7) is 4.47. The quantitative estimate of drug-likeness (QED) is 0.708. The number of nitrogens with zero attached hydrogens (tertiary/aromatic N) is 1. The van der Waals surface area contributed by atoms with Gasteiger partial charge in [0, 0.05) is 31.1 Å². The van der Waals surface area contributed by atoms with Crippen LogP contribution in [0.3, 0.4) is 0 Å². The lowest BCUT2D eigenvalue weighted by molar-refractivity contribution is 0.0887. The van der Waals surface area contributed by atoms with Crippen molar-refractivity contribution in [1.82, 2.24) is 4.90 Å². The molecule has 0 amide bonds. The van der Waals surface area contributed by atoms with Gasteiger partial charge in [-0.1, -0.05) is 22.4 Å². The van der Waals surface area contributed by atoms with Crippen LogP contribution in [-0.2, 0) is 4.74 Å². The van der Waals surface area contributed by atoms with Crippen LogP contribution < -0.4 is 0 Å². The van der Waals surface area contributed by atoms with E-state index in [1.165, 1.54) is 25.8 Å². The molecule has 1 rings (SSSR count). The predicted molar refractivity (Wildman–Crippen MR) is 64.1 cm³/mol. The minimum Gasteiger partial charge on any atom is -0.385 e. The lowest BCUT2D eigenvalue weighted by Crippen LogP contribution is -2.46. The summed E-state index contributed by atoms with van der Waals surface area (Å²) in [5.41, 5.74) is 0. The van der Waals surface area contributed by atoms with Gasteiger partial charge in [0.2, 0.25) is 0 Å². The summed E-state index contributed by atoms with van der Waals surface area (Å²) >= 11 is 3.61. The Bertz CT molecular complexity index is 154. The highest BCUT2D eigenvalue weighted by Crippen LogP contribution is 2.22. The van der Waals surface area contributed by atoms with Gasteiger partial charge >= 0.3 is 0 Å². The Labute approximate surface area is 96.1 Å². The second-order valence-corrected chi connectivity index (χ2v) is 4.82. The Balaban J connectivity index is 2.37. The average molecular weight is 264 g/mol. The number of rotatable bonds is 5. The van der Waals surface area contributed by atoms with E-state index in [4.69, 9.17) is 4.74 Å². The van der Waals surface area contributed by atoms with Crippen molar-refractivity contribution in [3.63, 3.8) is 0 Å². The van der Waals surface area contributed by atoms with Crippen LogP contribution in [0.1, 0.15) is 32.6 Å². The first-order chi connectivity index (χ1) is 6.79. The Hall–Kier alpha value is 0.400. The third-order valence-corrected chi connectivity index (χ3v) is 3.90. The molecule has 0 bridgehead atoms. The summed E-state index contributed by atoms with van der Waals surface area (Å²) in [7, 11) is 1.78. The zero-order chi connectivity index (χ0) is 10.4. The van der Waals surface area contributed by atoms with Crippen LogP contribution in [-0.4, -0.2) is 42.6 Å². The molecule has 14 heavy (non-hydrogen) atoms. The summed E-state index contributed by atoms with van der Waals surface area (Å²) in [4.78, 5) is 2.64. The molecule has 3 heteroatoms. The van der Waals surface area contributed by atoms with Gasteiger partial charge in [0.1, 0.15) is 0 Å². The first kappa shape index (κ1) is 12.5. The van der Waals surface area contributed by atoms with Gasteiger partial charge in [-0.05, 0) is 32.7 Å². The van der Waals surface area contributed by atoms with Crippen LogP contribution >= 0.6 is 15.9 Å². The number of piperidine rings is 1. The number of methoxy groups -OCH3 is 1. The molecule has 0 aromatic rings. The molecule has 1 aliphatic heterocycles. The van der Waals surface area contributed by atoms with Gasteiger partial charge in [-0.15, -0.1) is 0 Å². The number of alkyl halides is 1. The summed E-state index contributed by atoms with van der Waals surface area (Å²) in [6.07, 6.45) is 5.26. The Morgan fingerprint density at radius 3 is 2.93 bits per heavy atom. The Morgan fingerprint density at radius 2 is 2.29 bits per heavy atom. The molecule has 1 fully saturated rings. The van der Waals surface area contributed by atoms with Gasteiger partial charge in [0.05, 0.1) is 0 Å². The number of halogens is 1. The van der Waals surface area contributed by atoms with Crippen LogP contribution in [0.25, 0.3) is 0 Å². The highest BCUT2D eigenvalue weighted by Gasteiger charge is 2.24. The smallest absolute Gasteiger partial charge is 0.0477 e. The molecule has 0 saturated carbocycles. The number of likely N-dealkylation sites (tertiary alicyclic amines) is 1. The summed E-state index contributed by atoms with van der Waals surface area (Å²) in [5, 5.41) is 1.12. The summed E-state index contributed by atoms with van der Waals surface area (Å²) in [6, 6.07) is 1.41. The van der Waals surface area contributed by atoms with Crippen molar-refractivity contribution in [2.24, 2.45) is 0 Å². The van der Waals surface area contributed by atoms with Crippen LogP contribution in [0.15, 0.2) is 0 Å². The maximum absolute atomic E-state index is 5.13. The first-order valence-electron chi connectivity index (χ1n) is 5.60. The second-order valence-electron chi connectivity index (χ2n) is 4.17. The maximum atomic E-state index is 5.13. The molecule has 2 atom stereocenters. The van der Waals surface area contributed by atoms with Crippen molar-refractivity contribution in [1.29, 1.82) is 0 Å². The molecule has 0 radical (unpaired) electrons. The monoisotopic (exact) mass is 263 g/mol. The third-order valence-electron chi connectivity index (χ3n) is 3.16. The van der Waals surface area contributed by atoms with Crippen LogP contribution in [0, 0.1) is 0 Å². The molecule has 0 N–H and O–H groups in total. The largest absolute Gasteiger partial charge is 0.385 e. The number of ether oxygens (including phenoxy) is 1. The highest BCUT2D eigenvalue weighted by molar-refractivity contribution is 9.09. The highest BCUT2D eigenvalue weighted by atomic mass is 79.9. The summed E-state index contributed by atoms with van der Waals surface area (Å²) < 4.78 is 5.13. The van der Waals surface area contributed by atoms with E-state index in [-0.39, 0.29) is 0 Å². The zero-order valence-electron chi connectivity index (χ0n) is 9.34. The molecule has 1 heterocycles. The number of hydrogen-bond donors (Lipinski definition) is 0. The molecule has 1 saturated heterocycles. The van der Waals surface area contributed by atoms with E-state index in [2.05, 4.69) is 27.8 Å². The molecule has 0 aliphatic carbocycles. The van der Waals surface area contributed by atoms with Crippen molar-refractivity contribution in [2.75, 3.05) is 25.6 Å². The van der Waals surface area contributed by atoms with Gasteiger partial charge in [-0.3, -0.25) is 4.90 Å². The molecule has 1 aliphatic rings. The van der Waals surface area contributed by atoms with E-state index in [0.29, 0.717) is 6.04 Å². The normalized spacial score (nSPS) is 26.4. The summed E-state index contributed by atoms with van der Waals surface area (Å²) in [5.74, 6) is 0. The lowest BCUT2D eigenvalue weighted by Gasteiger charge is -2.39. The van der Waals surface area contributed by atoms with E-state index in [1.807, 2.05) is 0 Å². The van der Waals surface area contributed by atoms with E-state index >= 15 is 0 Å². The zero-order valence-corrected chi connectivity index (χ0v) is 10.9. The van der Waals surface area contributed by atoms with Crippen LogP contribution in [0.4, 0.5) is 0 Å². The van der Waals surface area contributed by atoms with Gasteiger partial charge in [0.15, 0.2) is 0 Å². The van der Waals surface area contributed by atoms with E-state index in [0.717, 1.165) is 24.4 Å². The minimum absolute atomic E-state index is 0.665. The molecule has 2 nitrogen and oxygen atoms in total. The number of hydrogen-bond acceptors (Lipinski definition) is 2. The van der Waals surface area contributed by atoms with Gasteiger partial charge in [0.25, 0.3) is 0 Å². The van der Waals surface area contributed by atoms with E-state index in [9.17, 15) is 0 Å². The predicted octanol–water partition coefficient (Wildman–Crippen LogP) is 2.66. The molecular formula is C11H22BrNO. The fourth-order valence-corrected chi connectivity index (χ4v) is 2.92. The lowest BCUT2D eigenvalue weighted by atomic mass is 10.0. The van der Waals surface area contributed by atoms with Crippen molar-refractivity contribution < 1.29 is 4.74 Å². The molecule has 0 aromatic carbocycles. The standard InChI is InChI=1S/C11H22BrNO/c1-10(6-8-14-2)13-7-4-3-5-11(13)9-12/h10-11H,3-9H2,1-2H3. The fourth-order valence-electron chi connectivity index (χ4n) is 2.22. The SMILES string of the molecule is COCCC(C)N1CCCCC1CBr. The second kappa shape index (κ2) is 6.81. The molecular weight excluding hydrogens is 242 g/mol. The first-order valence-corrected chi connectivity index (χ1v) is 6.72. The van der Waals surface area contributed by atoms with Crippen molar-refractivity contribution in [3.05, 3.63) is 0 Å². The van der Waals surface area contributed by atoms with Crippen LogP contribution in [0.2, 0.25) is 0 Å². The minimum atomic E-state index is 0.665. The Morgan fingerprint density at radius 1 is 1.50 bits per heavy atom. The maximum Gasteiger partial charge on any atom is 0.0477 e. The van der Waals surface area contributed by atoms with Crippen molar-refractivity contribution >= 4 is 15.9 Å². The molecule has 84 valence electrons. The van der Waals surface area contributed by atoms with Crippen molar-refractivity contribution in [3.8, 4) is 0 Å². The van der Waals surface area contributed by atoms with E-state index < -0.39 is 0 Å². The van der Waals surface area contributed by atoms with Gasteiger partial charge in [-0.2, -0.15) is 0 Å². The average Bonchev–Trinajstić information content (AvgIpc) is 2.25. The van der Waals surface area contributed by atoms with Crippen molar-refractivity contribution in [2.45, 2.75) is 44.7 Å². The van der Waals surface area contributed by atoms with E-state index in [1.54, 1.807) is 7.11 Å². The van der Waals surface area contributed by atoms with Gasteiger partial charge in [-0.25, -0.2) is 0 Å².